The molecular weight excluding hydrogens is 541 g/mol. The zero-order valence-corrected chi connectivity index (χ0v) is 20.3. The van der Waals surface area contributed by atoms with Gasteiger partial charge in [0.2, 0.25) is 0 Å². The summed E-state index contributed by atoms with van der Waals surface area (Å²) in [6, 6.07) is 11.3. The molecule has 3 nitrogen and oxygen atoms in total. The SMILES string of the molecule is Cc1c(COC(=O)[C@@H]2[C@H](C=C(Br)Br)C2(C)C)cccc1-c1ccc(OC(F)(F)F)cc1. The summed E-state index contributed by atoms with van der Waals surface area (Å²) in [5.41, 5.74) is 3.17. The van der Waals surface area contributed by atoms with Crippen molar-refractivity contribution in [2.45, 2.75) is 33.7 Å². The van der Waals surface area contributed by atoms with E-state index in [1.165, 1.54) is 12.1 Å². The van der Waals surface area contributed by atoms with Crippen LogP contribution in [-0.4, -0.2) is 12.3 Å². The van der Waals surface area contributed by atoms with Crippen LogP contribution in [0.4, 0.5) is 13.2 Å². The maximum atomic E-state index is 12.6. The maximum absolute atomic E-state index is 12.6. The summed E-state index contributed by atoms with van der Waals surface area (Å²) in [6.45, 7) is 6.08. The lowest BCUT2D eigenvalue weighted by Gasteiger charge is -2.13. The normalized spacial score (nSPS) is 19.5. The molecule has 0 aliphatic heterocycles. The minimum absolute atomic E-state index is 0.0959. The van der Waals surface area contributed by atoms with E-state index in [0.717, 1.165) is 25.6 Å². The molecule has 0 saturated heterocycles. The molecule has 1 fully saturated rings. The van der Waals surface area contributed by atoms with Crippen LogP contribution in [0.15, 0.2) is 51.9 Å². The molecule has 1 aliphatic rings. The fourth-order valence-electron chi connectivity index (χ4n) is 3.80. The van der Waals surface area contributed by atoms with Crippen LogP contribution < -0.4 is 4.74 Å². The maximum Gasteiger partial charge on any atom is 0.573 e. The van der Waals surface area contributed by atoms with E-state index < -0.39 is 6.36 Å². The van der Waals surface area contributed by atoms with Crippen molar-refractivity contribution in [2.75, 3.05) is 0 Å². The smallest absolute Gasteiger partial charge is 0.461 e. The molecule has 3 rings (SSSR count). The highest BCUT2D eigenvalue weighted by molar-refractivity contribution is 9.28. The van der Waals surface area contributed by atoms with Gasteiger partial charge in [0.1, 0.15) is 12.4 Å². The fraction of sp³-hybridized carbons (Fsp3) is 0.348. The van der Waals surface area contributed by atoms with E-state index >= 15 is 0 Å². The molecule has 1 saturated carbocycles. The average molecular weight is 562 g/mol. The second-order valence-corrected chi connectivity index (χ2v) is 10.8. The van der Waals surface area contributed by atoms with Gasteiger partial charge in [0.15, 0.2) is 0 Å². The van der Waals surface area contributed by atoms with Gasteiger partial charge in [-0.05, 0) is 84.5 Å². The van der Waals surface area contributed by atoms with Crippen molar-refractivity contribution in [3.05, 3.63) is 63.1 Å². The Hall–Kier alpha value is -1.80. The Morgan fingerprint density at radius 2 is 1.77 bits per heavy atom. The van der Waals surface area contributed by atoms with E-state index in [4.69, 9.17) is 4.74 Å². The van der Waals surface area contributed by atoms with Crippen molar-refractivity contribution in [1.29, 1.82) is 0 Å². The number of hydrogen-bond donors (Lipinski definition) is 0. The molecule has 0 heterocycles. The Morgan fingerprint density at radius 1 is 1.13 bits per heavy atom. The molecule has 8 heteroatoms. The first-order valence-corrected chi connectivity index (χ1v) is 11.1. The number of hydrogen-bond acceptors (Lipinski definition) is 3. The van der Waals surface area contributed by atoms with Crippen molar-refractivity contribution >= 4 is 37.8 Å². The summed E-state index contributed by atoms with van der Waals surface area (Å²) < 4.78 is 47.4. The van der Waals surface area contributed by atoms with E-state index in [0.29, 0.717) is 0 Å². The number of benzene rings is 2. The van der Waals surface area contributed by atoms with Gasteiger partial charge >= 0.3 is 12.3 Å². The first-order valence-electron chi connectivity index (χ1n) is 9.54. The highest BCUT2D eigenvalue weighted by Crippen LogP contribution is 2.60. The third-order valence-corrected chi connectivity index (χ3v) is 6.21. The van der Waals surface area contributed by atoms with Crippen LogP contribution in [-0.2, 0) is 16.1 Å². The largest absolute Gasteiger partial charge is 0.573 e. The second-order valence-electron chi connectivity index (χ2n) is 8.05. The summed E-state index contributed by atoms with van der Waals surface area (Å²) in [6.07, 6.45) is -2.76. The van der Waals surface area contributed by atoms with Gasteiger partial charge in [-0.3, -0.25) is 4.79 Å². The molecule has 1 aliphatic carbocycles. The van der Waals surface area contributed by atoms with Crippen molar-refractivity contribution < 1.29 is 27.4 Å². The lowest BCUT2D eigenvalue weighted by Crippen LogP contribution is -2.16. The van der Waals surface area contributed by atoms with Gasteiger partial charge in [-0.15, -0.1) is 13.2 Å². The number of rotatable bonds is 6. The number of esters is 1. The van der Waals surface area contributed by atoms with E-state index in [1.807, 2.05) is 45.0 Å². The zero-order chi connectivity index (χ0) is 23.0. The summed E-state index contributed by atoms with van der Waals surface area (Å²) in [4.78, 5) is 12.6. The lowest BCUT2D eigenvalue weighted by molar-refractivity contribution is -0.274. The number of halogens is 5. The van der Waals surface area contributed by atoms with Gasteiger partial charge in [-0.1, -0.05) is 50.3 Å². The summed E-state index contributed by atoms with van der Waals surface area (Å²) in [7, 11) is 0. The number of allylic oxidation sites excluding steroid dienone is 1. The third kappa shape index (κ3) is 5.71. The van der Waals surface area contributed by atoms with E-state index in [-0.39, 0.29) is 35.6 Å². The van der Waals surface area contributed by atoms with Crippen LogP contribution in [0.1, 0.15) is 25.0 Å². The average Bonchev–Trinajstić information content (AvgIpc) is 3.19. The Bertz CT molecular complexity index is 994. The number of ether oxygens (including phenoxy) is 2. The Kier molecular flexibility index (Phi) is 6.91. The van der Waals surface area contributed by atoms with E-state index in [9.17, 15) is 18.0 Å². The van der Waals surface area contributed by atoms with Gasteiger partial charge in [-0.25, -0.2) is 0 Å². The topological polar surface area (TPSA) is 35.5 Å². The molecule has 2 aromatic rings. The van der Waals surface area contributed by atoms with E-state index in [2.05, 4.69) is 36.6 Å². The lowest BCUT2D eigenvalue weighted by atomic mass is 9.97. The van der Waals surface area contributed by atoms with Crippen LogP contribution in [0.3, 0.4) is 0 Å². The van der Waals surface area contributed by atoms with Crippen LogP contribution in [0.2, 0.25) is 0 Å². The van der Waals surface area contributed by atoms with E-state index in [1.54, 1.807) is 12.1 Å². The van der Waals surface area contributed by atoms with Crippen molar-refractivity contribution in [1.82, 2.24) is 0 Å². The molecule has 0 radical (unpaired) electrons. The predicted octanol–water partition coefficient (Wildman–Crippen LogP) is 7.51. The Morgan fingerprint density at radius 3 is 2.35 bits per heavy atom. The monoisotopic (exact) mass is 560 g/mol. The molecule has 166 valence electrons. The van der Waals surface area contributed by atoms with Crippen molar-refractivity contribution in [3.63, 3.8) is 0 Å². The third-order valence-electron chi connectivity index (χ3n) is 5.68. The van der Waals surface area contributed by atoms with Gasteiger partial charge in [0.25, 0.3) is 0 Å². The molecule has 31 heavy (non-hydrogen) atoms. The molecule has 0 amide bonds. The summed E-state index contributed by atoms with van der Waals surface area (Å²) in [5, 5.41) is 0. The van der Waals surface area contributed by atoms with Crippen LogP contribution in [0.25, 0.3) is 11.1 Å². The summed E-state index contributed by atoms with van der Waals surface area (Å²) in [5.74, 6) is -0.628. The standard InChI is InChI=1S/C23H21Br2F3O3/c1-13-15(12-30-21(29)20-18(11-19(24)25)22(20,2)3)5-4-6-17(13)14-7-9-16(10-8-14)31-23(26,27)28/h4-11,18,20H,12H2,1-3H3/t18-,20-/m0/s1. The molecular formula is C23H21Br2F3O3. The number of carbonyl (C=O) groups excluding carboxylic acids is 1. The molecule has 0 bridgehead atoms. The minimum atomic E-state index is -4.73. The highest BCUT2D eigenvalue weighted by atomic mass is 79.9. The van der Waals surface area contributed by atoms with Crippen LogP contribution in [0, 0.1) is 24.2 Å². The predicted molar refractivity (Wildman–Crippen MR) is 120 cm³/mol. The quantitative estimate of drug-likeness (QED) is 0.342. The van der Waals surface area contributed by atoms with Crippen LogP contribution in [0.5, 0.6) is 5.75 Å². The number of carbonyl (C=O) groups is 1. The highest BCUT2D eigenvalue weighted by Gasteiger charge is 2.61. The Balaban J connectivity index is 1.70. The molecule has 0 unspecified atom stereocenters. The van der Waals surface area contributed by atoms with Gasteiger partial charge in [0, 0.05) is 0 Å². The van der Waals surface area contributed by atoms with Gasteiger partial charge in [0.05, 0.1) is 9.31 Å². The fourth-order valence-corrected chi connectivity index (χ4v) is 4.37. The first-order chi connectivity index (χ1) is 14.4. The van der Waals surface area contributed by atoms with Crippen LogP contribution >= 0.6 is 31.9 Å². The zero-order valence-electron chi connectivity index (χ0n) is 17.1. The number of alkyl halides is 3. The molecule has 2 atom stereocenters. The van der Waals surface area contributed by atoms with Gasteiger partial charge in [-0.2, -0.15) is 0 Å². The van der Waals surface area contributed by atoms with Crippen molar-refractivity contribution in [2.24, 2.45) is 17.3 Å². The van der Waals surface area contributed by atoms with Gasteiger partial charge < -0.3 is 9.47 Å². The van der Waals surface area contributed by atoms with Crippen molar-refractivity contribution in [3.8, 4) is 16.9 Å². The molecule has 2 aromatic carbocycles. The summed E-state index contributed by atoms with van der Waals surface area (Å²) >= 11 is 6.68. The minimum Gasteiger partial charge on any atom is -0.461 e. The second kappa shape index (κ2) is 8.98. The Labute approximate surface area is 195 Å². The molecule has 0 aromatic heterocycles. The first kappa shape index (κ1) is 23.9. The molecule has 0 spiro atoms. The molecule has 0 N–H and O–H groups in total.